The molecule has 2 atom stereocenters. The van der Waals surface area contributed by atoms with Gasteiger partial charge in [0.2, 0.25) is 5.91 Å². The van der Waals surface area contributed by atoms with E-state index in [-0.39, 0.29) is 25.3 Å². The van der Waals surface area contributed by atoms with Crippen LogP contribution < -0.4 is 5.32 Å². The minimum atomic E-state index is -4.71. The zero-order valence-corrected chi connectivity index (χ0v) is 10.3. The smallest absolute Gasteiger partial charge is 0.356 e. The van der Waals surface area contributed by atoms with Gasteiger partial charge >= 0.3 is 6.18 Å². The Kier molecular flexibility index (Phi) is 3.96. The van der Waals surface area contributed by atoms with Crippen LogP contribution in [0.1, 0.15) is 24.3 Å². The summed E-state index contributed by atoms with van der Waals surface area (Å²) in [5.74, 6) is -6.24. The molecule has 1 fully saturated rings. The van der Waals surface area contributed by atoms with Crippen LogP contribution in [-0.4, -0.2) is 18.6 Å². The fourth-order valence-electron chi connectivity index (χ4n) is 2.49. The highest BCUT2D eigenvalue weighted by molar-refractivity contribution is 5.76. The number of halogens is 5. The summed E-state index contributed by atoms with van der Waals surface area (Å²) in [6.45, 7) is -0.195. The number of carbonyl (C=O) groups is 1. The lowest BCUT2D eigenvalue weighted by atomic mass is 9.80. The van der Waals surface area contributed by atoms with Crippen LogP contribution in [0.3, 0.4) is 0 Å². The van der Waals surface area contributed by atoms with Gasteiger partial charge in [0.1, 0.15) is 0 Å². The number of piperidine rings is 1. The van der Waals surface area contributed by atoms with Crippen molar-refractivity contribution in [3.63, 3.8) is 0 Å². The molecule has 0 bridgehead atoms. The summed E-state index contributed by atoms with van der Waals surface area (Å²) in [5.41, 5.74) is -0.710. The number of hydrogen-bond donors (Lipinski definition) is 1. The van der Waals surface area contributed by atoms with Gasteiger partial charge in [-0.3, -0.25) is 4.79 Å². The van der Waals surface area contributed by atoms with Gasteiger partial charge in [-0.25, -0.2) is 8.78 Å². The molecule has 1 aromatic rings. The number of alkyl halides is 3. The SMILES string of the molecule is O=C1CCC(C(c2cccc(F)c2F)C(F)(F)F)CN1. The summed E-state index contributed by atoms with van der Waals surface area (Å²) in [7, 11) is 0. The Balaban J connectivity index is 2.38. The van der Waals surface area contributed by atoms with E-state index in [9.17, 15) is 26.7 Å². The van der Waals surface area contributed by atoms with Crippen LogP contribution in [0.15, 0.2) is 18.2 Å². The molecular weight excluding hydrogens is 281 g/mol. The minimum Gasteiger partial charge on any atom is -0.356 e. The van der Waals surface area contributed by atoms with Crippen LogP contribution in [-0.2, 0) is 4.79 Å². The molecule has 2 unspecified atom stereocenters. The maximum absolute atomic E-state index is 13.7. The summed E-state index contributed by atoms with van der Waals surface area (Å²) in [6.07, 6.45) is -4.76. The number of hydrogen-bond acceptors (Lipinski definition) is 1. The van der Waals surface area contributed by atoms with E-state index in [1.807, 2.05) is 0 Å². The van der Waals surface area contributed by atoms with Crippen LogP contribution in [0, 0.1) is 17.6 Å². The van der Waals surface area contributed by atoms with Gasteiger partial charge in [0.05, 0.1) is 5.92 Å². The standard InChI is InChI=1S/C13H12F5NO/c14-9-3-1-2-8(12(9)15)11(13(16,17)18)7-4-5-10(20)19-6-7/h1-3,7,11H,4-6H2,(H,19,20). The average molecular weight is 293 g/mol. The molecule has 0 aromatic heterocycles. The monoisotopic (exact) mass is 293 g/mol. The van der Waals surface area contributed by atoms with Gasteiger partial charge in [-0.15, -0.1) is 0 Å². The van der Waals surface area contributed by atoms with E-state index in [1.54, 1.807) is 0 Å². The third-order valence-corrected chi connectivity index (χ3v) is 3.44. The van der Waals surface area contributed by atoms with Gasteiger partial charge in [0.15, 0.2) is 11.6 Å². The van der Waals surface area contributed by atoms with E-state index < -0.39 is 35.2 Å². The average Bonchev–Trinajstić information content (AvgIpc) is 2.36. The van der Waals surface area contributed by atoms with E-state index in [0.717, 1.165) is 18.2 Å². The number of nitrogens with one attached hydrogen (secondary N) is 1. The molecule has 1 aromatic carbocycles. The predicted molar refractivity (Wildman–Crippen MR) is 60.9 cm³/mol. The first-order valence-corrected chi connectivity index (χ1v) is 6.08. The van der Waals surface area contributed by atoms with E-state index in [4.69, 9.17) is 0 Å². The molecule has 1 aliphatic heterocycles. The van der Waals surface area contributed by atoms with Crippen molar-refractivity contribution in [2.24, 2.45) is 5.92 Å². The maximum atomic E-state index is 13.7. The normalized spacial score (nSPS) is 21.4. The van der Waals surface area contributed by atoms with Crippen molar-refractivity contribution in [2.75, 3.05) is 6.54 Å². The second kappa shape index (κ2) is 5.38. The highest BCUT2D eigenvalue weighted by Gasteiger charge is 2.47. The Morgan fingerprint density at radius 3 is 2.50 bits per heavy atom. The first kappa shape index (κ1) is 14.7. The van der Waals surface area contributed by atoms with Gasteiger partial charge in [-0.05, 0) is 18.4 Å². The molecule has 0 saturated carbocycles. The Bertz CT molecular complexity index is 504. The zero-order valence-electron chi connectivity index (χ0n) is 10.3. The molecule has 2 rings (SSSR count). The molecule has 0 radical (unpaired) electrons. The molecule has 0 spiro atoms. The van der Waals surface area contributed by atoms with Gasteiger partial charge in [-0.1, -0.05) is 12.1 Å². The van der Waals surface area contributed by atoms with E-state index >= 15 is 0 Å². The van der Waals surface area contributed by atoms with Crippen molar-refractivity contribution >= 4 is 5.91 Å². The van der Waals surface area contributed by atoms with Crippen LogP contribution >= 0.6 is 0 Å². The van der Waals surface area contributed by atoms with Crippen LogP contribution in [0.4, 0.5) is 22.0 Å². The van der Waals surface area contributed by atoms with Crippen LogP contribution in [0.5, 0.6) is 0 Å². The van der Waals surface area contributed by atoms with Gasteiger partial charge in [0, 0.05) is 18.5 Å². The third kappa shape index (κ3) is 2.91. The highest BCUT2D eigenvalue weighted by Crippen LogP contribution is 2.43. The van der Waals surface area contributed by atoms with Crippen LogP contribution in [0.2, 0.25) is 0 Å². The molecule has 1 saturated heterocycles. The molecule has 0 aliphatic carbocycles. The lowest BCUT2D eigenvalue weighted by Crippen LogP contribution is -2.41. The molecule has 1 heterocycles. The van der Waals surface area contributed by atoms with Crippen LogP contribution in [0.25, 0.3) is 0 Å². The quantitative estimate of drug-likeness (QED) is 0.834. The maximum Gasteiger partial charge on any atom is 0.396 e. The summed E-state index contributed by atoms with van der Waals surface area (Å²) >= 11 is 0. The molecule has 110 valence electrons. The molecule has 1 aliphatic rings. The summed E-state index contributed by atoms with van der Waals surface area (Å²) < 4.78 is 66.4. The van der Waals surface area contributed by atoms with Gasteiger partial charge < -0.3 is 5.32 Å². The second-order valence-corrected chi connectivity index (χ2v) is 4.77. The summed E-state index contributed by atoms with van der Waals surface area (Å²) in [5, 5.41) is 2.33. The van der Waals surface area contributed by atoms with Gasteiger partial charge in [0.25, 0.3) is 0 Å². The Hall–Kier alpha value is -1.66. The highest BCUT2D eigenvalue weighted by atomic mass is 19.4. The molecule has 1 amide bonds. The third-order valence-electron chi connectivity index (χ3n) is 3.44. The first-order valence-electron chi connectivity index (χ1n) is 6.08. The second-order valence-electron chi connectivity index (χ2n) is 4.77. The fourth-order valence-corrected chi connectivity index (χ4v) is 2.49. The Labute approximate surface area is 112 Å². The topological polar surface area (TPSA) is 29.1 Å². The lowest BCUT2D eigenvalue weighted by Gasteiger charge is -2.32. The Morgan fingerprint density at radius 1 is 1.25 bits per heavy atom. The lowest BCUT2D eigenvalue weighted by molar-refractivity contribution is -0.165. The number of carbonyl (C=O) groups excluding carboxylic acids is 1. The van der Waals surface area contributed by atoms with Crippen molar-refractivity contribution in [3.05, 3.63) is 35.4 Å². The first-order chi connectivity index (χ1) is 9.30. The largest absolute Gasteiger partial charge is 0.396 e. The van der Waals surface area contributed by atoms with E-state index in [1.165, 1.54) is 0 Å². The van der Waals surface area contributed by atoms with Crippen molar-refractivity contribution in [3.8, 4) is 0 Å². The number of benzene rings is 1. The van der Waals surface area contributed by atoms with E-state index in [2.05, 4.69) is 5.32 Å². The van der Waals surface area contributed by atoms with Crippen molar-refractivity contribution in [1.29, 1.82) is 0 Å². The summed E-state index contributed by atoms with van der Waals surface area (Å²) in [6, 6.07) is 2.76. The fraction of sp³-hybridized carbons (Fsp3) is 0.462. The van der Waals surface area contributed by atoms with Crippen molar-refractivity contribution < 1.29 is 26.7 Å². The van der Waals surface area contributed by atoms with Crippen molar-refractivity contribution in [1.82, 2.24) is 5.32 Å². The zero-order chi connectivity index (χ0) is 14.9. The number of amides is 1. The number of rotatable bonds is 2. The van der Waals surface area contributed by atoms with Crippen molar-refractivity contribution in [2.45, 2.75) is 24.9 Å². The molecule has 1 N–H and O–H groups in total. The predicted octanol–water partition coefficient (Wildman–Crippen LogP) is 3.14. The minimum absolute atomic E-state index is 0.00797. The molecular formula is C13H12F5NO. The Morgan fingerprint density at radius 2 is 1.95 bits per heavy atom. The molecule has 2 nitrogen and oxygen atoms in total. The van der Waals surface area contributed by atoms with Gasteiger partial charge in [-0.2, -0.15) is 13.2 Å². The molecule has 7 heteroatoms. The molecule has 20 heavy (non-hydrogen) atoms. The van der Waals surface area contributed by atoms with E-state index in [0.29, 0.717) is 0 Å². The summed E-state index contributed by atoms with van der Waals surface area (Å²) in [4.78, 5) is 11.0.